The van der Waals surface area contributed by atoms with Gasteiger partial charge in [0.05, 0.1) is 17.6 Å². The van der Waals surface area contributed by atoms with Crippen LogP contribution < -0.4 is 10.6 Å². The van der Waals surface area contributed by atoms with Gasteiger partial charge in [0.25, 0.3) is 0 Å². The third-order valence-corrected chi connectivity index (χ3v) is 5.06. The van der Waals surface area contributed by atoms with Crippen LogP contribution in [0.15, 0.2) is 12.4 Å². The Morgan fingerprint density at radius 1 is 1.15 bits per heavy atom. The van der Waals surface area contributed by atoms with Crippen LogP contribution in [-0.2, 0) is 16.1 Å². The van der Waals surface area contributed by atoms with Crippen LogP contribution in [0.4, 0.5) is 5.95 Å². The quantitative estimate of drug-likeness (QED) is 0.418. The summed E-state index contributed by atoms with van der Waals surface area (Å²) in [6.07, 6.45) is 3.61. The SMILES string of the molecule is CC(=O)C(C)(C)NCC(CCn1ccnc1[N+](=O)[O-])CNC(C)(C)C(C)=O. The molecule has 0 amide bonds. The van der Waals surface area contributed by atoms with E-state index in [1.54, 1.807) is 6.20 Å². The summed E-state index contributed by atoms with van der Waals surface area (Å²) >= 11 is 0. The number of carbonyl (C=O) groups is 2. The van der Waals surface area contributed by atoms with Gasteiger partial charge < -0.3 is 20.7 Å². The van der Waals surface area contributed by atoms with E-state index in [1.165, 1.54) is 24.6 Å². The van der Waals surface area contributed by atoms with E-state index in [0.29, 0.717) is 26.1 Å². The van der Waals surface area contributed by atoms with Gasteiger partial charge in [-0.3, -0.25) is 9.59 Å². The van der Waals surface area contributed by atoms with Crippen molar-refractivity contribution < 1.29 is 14.5 Å². The molecule has 0 spiro atoms. The van der Waals surface area contributed by atoms with Gasteiger partial charge in [-0.1, -0.05) is 4.98 Å². The van der Waals surface area contributed by atoms with Crippen LogP contribution in [-0.4, -0.2) is 50.2 Å². The van der Waals surface area contributed by atoms with Gasteiger partial charge >= 0.3 is 5.95 Å². The molecule has 1 aromatic heterocycles. The van der Waals surface area contributed by atoms with Crippen molar-refractivity contribution in [1.82, 2.24) is 20.2 Å². The number of aryl methyl sites for hydroxylation is 1. The molecule has 9 nitrogen and oxygen atoms in total. The highest BCUT2D eigenvalue weighted by Gasteiger charge is 2.27. The average Bonchev–Trinajstić information content (AvgIpc) is 3.02. The molecule has 1 aromatic rings. The normalized spacial score (nSPS) is 12.4. The lowest BCUT2D eigenvalue weighted by Gasteiger charge is -2.30. The van der Waals surface area contributed by atoms with E-state index in [2.05, 4.69) is 15.6 Å². The topological polar surface area (TPSA) is 119 Å². The summed E-state index contributed by atoms with van der Waals surface area (Å²) in [5, 5.41) is 17.5. The van der Waals surface area contributed by atoms with Gasteiger partial charge in [0.2, 0.25) is 0 Å². The second kappa shape index (κ2) is 9.18. The van der Waals surface area contributed by atoms with E-state index in [1.807, 2.05) is 27.7 Å². The second-order valence-corrected chi connectivity index (χ2v) is 7.96. The lowest BCUT2D eigenvalue weighted by Crippen LogP contribution is -2.51. The minimum atomic E-state index is -0.657. The maximum atomic E-state index is 11.7. The molecule has 0 aliphatic heterocycles. The van der Waals surface area contributed by atoms with Crippen LogP contribution in [0.25, 0.3) is 0 Å². The zero-order valence-electron chi connectivity index (χ0n) is 17.0. The predicted molar refractivity (Wildman–Crippen MR) is 103 cm³/mol. The van der Waals surface area contributed by atoms with Crippen LogP contribution in [0.2, 0.25) is 0 Å². The molecule has 0 atom stereocenters. The van der Waals surface area contributed by atoms with Crippen molar-refractivity contribution in [3.05, 3.63) is 22.5 Å². The summed E-state index contributed by atoms with van der Waals surface area (Å²) in [5.41, 5.74) is -1.31. The molecular formula is C18H31N5O4. The third kappa shape index (κ3) is 6.84. The minimum Gasteiger partial charge on any atom is -0.390 e. The minimum absolute atomic E-state index is 0.0310. The second-order valence-electron chi connectivity index (χ2n) is 7.96. The van der Waals surface area contributed by atoms with Gasteiger partial charge in [-0.2, -0.15) is 0 Å². The highest BCUT2D eigenvalue weighted by atomic mass is 16.6. The third-order valence-electron chi connectivity index (χ3n) is 5.06. The number of nitrogens with zero attached hydrogens (tertiary/aromatic N) is 3. The molecule has 0 unspecified atom stereocenters. The standard InChI is InChI=1S/C18H31N5O4/c1-13(24)17(3,4)20-11-15(12-21-18(5,6)14(2)25)7-9-22-10-8-19-16(22)23(26)27/h8,10,15,20-21H,7,9,11-12H2,1-6H3. The summed E-state index contributed by atoms with van der Waals surface area (Å²) in [6, 6.07) is 0. The molecule has 27 heavy (non-hydrogen) atoms. The Labute approximate surface area is 160 Å². The van der Waals surface area contributed by atoms with Crippen LogP contribution in [0, 0.1) is 16.0 Å². The monoisotopic (exact) mass is 381 g/mol. The van der Waals surface area contributed by atoms with Crippen molar-refractivity contribution in [2.45, 2.75) is 65.6 Å². The van der Waals surface area contributed by atoms with E-state index in [0.717, 1.165) is 0 Å². The van der Waals surface area contributed by atoms with E-state index >= 15 is 0 Å². The summed E-state index contributed by atoms with van der Waals surface area (Å²) in [6.45, 7) is 11.8. The number of hydrogen-bond donors (Lipinski definition) is 2. The molecule has 1 heterocycles. The molecule has 9 heteroatoms. The van der Waals surface area contributed by atoms with Gasteiger partial charge in [0, 0.05) is 13.1 Å². The van der Waals surface area contributed by atoms with Crippen LogP contribution in [0.3, 0.4) is 0 Å². The van der Waals surface area contributed by atoms with E-state index in [4.69, 9.17) is 0 Å². The molecule has 0 aliphatic carbocycles. The molecule has 0 fully saturated rings. The van der Waals surface area contributed by atoms with E-state index in [-0.39, 0.29) is 23.4 Å². The van der Waals surface area contributed by atoms with E-state index < -0.39 is 16.0 Å². The van der Waals surface area contributed by atoms with Crippen LogP contribution in [0.5, 0.6) is 0 Å². The van der Waals surface area contributed by atoms with Crippen LogP contribution >= 0.6 is 0 Å². The number of carbonyl (C=O) groups excluding carboxylic acids is 2. The van der Waals surface area contributed by atoms with Gasteiger partial charge in [-0.25, -0.2) is 4.57 Å². The van der Waals surface area contributed by atoms with Crippen LogP contribution in [0.1, 0.15) is 48.0 Å². The van der Waals surface area contributed by atoms with Crippen molar-refractivity contribution in [3.63, 3.8) is 0 Å². The molecule has 0 saturated carbocycles. The Bertz CT molecular complexity index is 651. The first-order chi connectivity index (χ1) is 12.4. The first-order valence-electron chi connectivity index (χ1n) is 9.04. The average molecular weight is 381 g/mol. The zero-order chi connectivity index (χ0) is 20.8. The number of nitro groups is 1. The highest BCUT2D eigenvalue weighted by Crippen LogP contribution is 2.14. The number of hydrogen-bond acceptors (Lipinski definition) is 7. The lowest BCUT2D eigenvalue weighted by atomic mass is 9.96. The fraction of sp³-hybridized carbons (Fsp3) is 0.722. The number of aromatic nitrogens is 2. The van der Waals surface area contributed by atoms with Crippen molar-refractivity contribution in [2.24, 2.45) is 5.92 Å². The molecular weight excluding hydrogens is 350 g/mol. The van der Waals surface area contributed by atoms with Gasteiger partial charge in [0.1, 0.15) is 24.0 Å². The summed E-state index contributed by atoms with van der Waals surface area (Å²) < 4.78 is 1.50. The number of rotatable bonds is 12. The first kappa shape index (κ1) is 22.9. The lowest BCUT2D eigenvalue weighted by molar-refractivity contribution is -0.396. The smallest absolute Gasteiger partial charge is 0.390 e. The highest BCUT2D eigenvalue weighted by molar-refractivity contribution is 5.85. The van der Waals surface area contributed by atoms with Crippen molar-refractivity contribution in [3.8, 4) is 0 Å². The van der Waals surface area contributed by atoms with Crippen molar-refractivity contribution in [2.75, 3.05) is 13.1 Å². The van der Waals surface area contributed by atoms with E-state index in [9.17, 15) is 19.7 Å². The molecule has 1 rings (SSSR count). The van der Waals surface area contributed by atoms with Gasteiger partial charge in [0.15, 0.2) is 0 Å². The van der Waals surface area contributed by atoms with Crippen molar-refractivity contribution in [1.29, 1.82) is 0 Å². The summed E-state index contributed by atoms with van der Waals surface area (Å²) in [4.78, 5) is 37.7. The van der Waals surface area contributed by atoms with Crippen molar-refractivity contribution >= 4 is 17.5 Å². The largest absolute Gasteiger partial charge is 0.434 e. The number of Topliss-reactive ketones (excluding diaryl/α,β-unsaturated/α-hetero) is 2. The molecule has 0 bridgehead atoms. The fourth-order valence-electron chi connectivity index (χ4n) is 2.29. The molecule has 152 valence electrons. The predicted octanol–water partition coefficient (Wildman–Crippen LogP) is 1.71. The zero-order valence-corrected chi connectivity index (χ0v) is 17.0. The number of nitrogens with one attached hydrogen (secondary N) is 2. The Hall–Kier alpha value is -2.13. The fourth-order valence-corrected chi connectivity index (χ4v) is 2.29. The summed E-state index contributed by atoms with van der Waals surface area (Å²) in [7, 11) is 0. The Morgan fingerprint density at radius 3 is 2.04 bits per heavy atom. The molecule has 0 aromatic carbocycles. The Kier molecular flexibility index (Phi) is 7.79. The number of ketones is 2. The maximum absolute atomic E-state index is 11.7. The molecule has 0 saturated heterocycles. The molecule has 0 aliphatic rings. The molecule has 0 radical (unpaired) electrons. The Morgan fingerprint density at radius 2 is 1.63 bits per heavy atom. The van der Waals surface area contributed by atoms with Gasteiger partial charge in [-0.05, 0) is 58.8 Å². The Balaban J connectivity index is 2.80. The number of imidazole rings is 1. The molecule has 2 N–H and O–H groups in total. The first-order valence-corrected chi connectivity index (χ1v) is 9.04. The van der Waals surface area contributed by atoms with Gasteiger partial charge in [-0.15, -0.1) is 0 Å². The summed E-state index contributed by atoms with van der Waals surface area (Å²) in [5.74, 6) is -0.0703. The maximum Gasteiger partial charge on any atom is 0.434 e.